The van der Waals surface area contributed by atoms with Crippen LogP contribution in [0.2, 0.25) is 10.0 Å². The fourth-order valence-electron chi connectivity index (χ4n) is 2.95. The summed E-state index contributed by atoms with van der Waals surface area (Å²) in [6.45, 7) is 6.23. The molecule has 0 bridgehead atoms. The standard InChI is InChI=1S/C17H23Cl2NO4/c1-17(2,3)15-7-20(16(22)23)14(8-21)11(9-24-15)10-4-5-12(18)13(19)6-10/h4-6,11,14-15,21H,7-9H2,1-3H3,(H,22,23). The summed E-state index contributed by atoms with van der Waals surface area (Å²) in [5, 5.41) is 20.3. The number of benzene rings is 1. The lowest BCUT2D eigenvalue weighted by atomic mass is 9.88. The third kappa shape index (κ3) is 4.14. The summed E-state index contributed by atoms with van der Waals surface area (Å²) in [6, 6.07) is 4.57. The highest BCUT2D eigenvalue weighted by molar-refractivity contribution is 6.42. The van der Waals surface area contributed by atoms with Crippen molar-refractivity contribution in [1.82, 2.24) is 4.90 Å². The van der Waals surface area contributed by atoms with E-state index in [1.807, 2.05) is 20.8 Å². The molecule has 134 valence electrons. The topological polar surface area (TPSA) is 70.0 Å². The Labute approximate surface area is 152 Å². The SMILES string of the molecule is CC(C)(C)C1CN(C(=O)O)C(CO)C(c2ccc(Cl)c(Cl)c2)CO1. The van der Waals surface area contributed by atoms with Gasteiger partial charge >= 0.3 is 6.09 Å². The summed E-state index contributed by atoms with van der Waals surface area (Å²) in [5.41, 5.74) is 0.574. The van der Waals surface area contributed by atoms with E-state index >= 15 is 0 Å². The number of hydrogen-bond acceptors (Lipinski definition) is 3. The zero-order valence-corrected chi connectivity index (χ0v) is 15.5. The third-order valence-corrected chi connectivity index (χ3v) is 5.21. The molecular weight excluding hydrogens is 353 g/mol. The number of aliphatic hydroxyl groups excluding tert-OH is 1. The average molecular weight is 376 g/mol. The summed E-state index contributed by atoms with van der Waals surface area (Å²) in [4.78, 5) is 13.0. The first-order valence-electron chi connectivity index (χ1n) is 7.82. The third-order valence-electron chi connectivity index (χ3n) is 4.47. The molecule has 7 heteroatoms. The van der Waals surface area contributed by atoms with Crippen LogP contribution < -0.4 is 0 Å². The average Bonchev–Trinajstić information content (AvgIpc) is 2.69. The molecule has 1 aromatic rings. The number of nitrogens with zero attached hydrogens (tertiary/aromatic N) is 1. The van der Waals surface area contributed by atoms with Crippen molar-refractivity contribution in [2.45, 2.75) is 38.8 Å². The Balaban J connectivity index is 2.42. The molecule has 0 spiro atoms. The number of hydrogen-bond donors (Lipinski definition) is 2. The van der Waals surface area contributed by atoms with Crippen LogP contribution in [0.3, 0.4) is 0 Å². The Morgan fingerprint density at radius 1 is 1.33 bits per heavy atom. The van der Waals surface area contributed by atoms with Crippen molar-refractivity contribution >= 4 is 29.3 Å². The van der Waals surface area contributed by atoms with Gasteiger partial charge in [-0.25, -0.2) is 4.79 Å². The normalized spacial score (nSPS) is 25.4. The Morgan fingerprint density at radius 3 is 2.50 bits per heavy atom. The van der Waals surface area contributed by atoms with E-state index in [9.17, 15) is 15.0 Å². The van der Waals surface area contributed by atoms with Crippen molar-refractivity contribution < 1.29 is 19.7 Å². The molecule has 24 heavy (non-hydrogen) atoms. The van der Waals surface area contributed by atoms with E-state index < -0.39 is 12.1 Å². The first kappa shape index (κ1) is 19.3. The lowest BCUT2D eigenvalue weighted by Crippen LogP contribution is -2.48. The monoisotopic (exact) mass is 375 g/mol. The molecule has 5 nitrogen and oxygen atoms in total. The van der Waals surface area contributed by atoms with Gasteiger partial charge in [0.15, 0.2) is 0 Å². The van der Waals surface area contributed by atoms with Gasteiger partial charge in [0.2, 0.25) is 0 Å². The first-order chi connectivity index (χ1) is 11.1. The lowest BCUT2D eigenvalue weighted by Gasteiger charge is -2.34. The predicted molar refractivity (Wildman–Crippen MR) is 94.0 cm³/mol. The minimum atomic E-state index is -1.07. The largest absolute Gasteiger partial charge is 0.465 e. The molecule has 1 saturated heterocycles. The highest BCUT2D eigenvalue weighted by Crippen LogP contribution is 2.35. The fourth-order valence-corrected chi connectivity index (χ4v) is 3.25. The number of halogens is 2. The second-order valence-electron chi connectivity index (χ2n) is 7.15. The molecule has 1 heterocycles. The fraction of sp³-hybridized carbons (Fsp3) is 0.588. The number of carbonyl (C=O) groups is 1. The smallest absolute Gasteiger partial charge is 0.407 e. The number of ether oxygens (including phenoxy) is 1. The van der Waals surface area contributed by atoms with E-state index in [0.29, 0.717) is 16.7 Å². The van der Waals surface area contributed by atoms with Gasteiger partial charge in [-0.05, 0) is 23.1 Å². The Morgan fingerprint density at radius 2 is 2.00 bits per heavy atom. The van der Waals surface area contributed by atoms with Crippen molar-refractivity contribution in [3.63, 3.8) is 0 Å². The molecule has 2 rings (SSSR count). The van der Waals surface area contributed by atoms with Gasteiger partial charge in [0, 0.05) is 5.92 Å². The predicted octanol–water partition coefficient (Wildman–Crippen LogP) is 3.86. The molecule has 1 aromatic carbocycles. The molecule has 1 fully saturated rings. The van der Waals surface area contributed by atoms with Crippen LogP contribution >= 0.6 is 23.2 Å². The lowest BCUT2D eigenvalue weighted by molar-refractivity contribution is -0.0187. The molecule has 0 aliphatic carbocycles. The van der Waals surface area contributed by atoms with Gasteiger partial charge in [-0.2, -0.15) is 0 Å². The van der Waals surface area contributed by atoms with Crippen LogP contribution in [-0.4, -0.2) is 53.1 Å². The molecule has 0 saturated carbocycles. The van der Waals surface area contributed by atoms with Crippen LogP contribution in [0.1, 0.15) is 32.3 Å². The molecule has 1 amide bonds. The number of amides is 1. The second kappa shape index (κ2) is 7.48. The summed E-state index contributed by atoms with van der Waals surface area (Å²) >= 11 is 12.1. The Kier molecular flexibility index (Phi) is 6.02. The van der Waals surface area contributed by atoms with Crippen LogP contribution in [0, 0.1) is 5.41 Å². The van der Waals surface area contributed by atoms with E-state index in [1.165, 1.54) is 4.90 Å². The maximum Gasteiger partial charge on any atom is 0.407 e. The molecule has 3 atom stereocenters. The van der Waals surface area contributed by atoms with Crippen LogP contribution in [0.4, 0.5) is 4.79 Å². The van der Waals surface area contributed by atoms with Crippen molar-refractivity contribution in [2.75, 3.05) is 19.8 Å². The van der Waals surface area contributed by atoms with Crippen molar-refractivity contribution in [3.8, 4) is 0 Å². The van der Waals surface area contributed by atoms with Gasteiger partial charge in [0.05, 0.1) is 41.9 Å². The summed E-state index contributed by atoms with van der Waals surface area (Å²) in [5.74, 6) is -0.326. The maximum absolute atomic E-state index is 11.8. The van der Waals surface area contributed by atoms with Crippen molar-refractivity contribution in [2.24, 2.45) is 5.41 Å². The molecule has 0 aromatic heterocycles. The number of rotatable bonds is 2. The zero-order chi connectivity index (χ0) is 18.1. The van der Waals surface area contributed by atoms with E-state index in [-0.39, 0.29) is 30.6 Å². The molecule has 1 aliphatic rings. The van der Waals surface area contributed by atoms with Gasteiger partial charge in [-0.1, -0.05) is 50.0 Å². The van der Waals surface area contributed by atoms with Gasteiger partial charge in [0.1, 0.15) is 0 Å². The number of carboxylic acid groups (broad SMARTS) is 1. The number of aliphatic hydroxyl groups is 1. The summed E-state index contributed by atoms with van der Waals surface area (Å²) in [6.07, 6.45) is -1.34. The molecule has 0 radical (unpaired) electrons. The first-order valence-corrected chi connectivity index (χ1v) is 8.57. The van der Waals surface area contributed by atoms with Crippen LogP contribution in [0.25, 0.3) is 0 Å². The minimum Gasteiger partial charge on any atom is -0.465 e. The second-order valence-corrected chi connectivity index (χ2v) is 7.97. The zero-order valence-electron chi connectivity index (χ0n) is 14.0. The van der Waals surface area contributed by atoms with Crippen molar-refractivity contribution in [3.05, 3.63) is 33.8 Å². The van der Waals surface area contributed by atoms with E-state index in [1.54, 1.807) is 18.2 Å². The Bertz CT molecular complexity index is 603. The highest BCUT2D eigenvalue weighted by atomic mass is 35.5. The van der Waals surface area contributed by atoms with Crippen molar-refractivity contribution in [1.29, 1.82) is 0 Å². The van der Waals surface area contributed by atoms with E-state index in [0.717, 1.165) is 5.56 Å². The molecule has 1 aliphatic heterocycles. The summed E-state index contributed by atoms with van der Waals surface area (Å²) in [7, 11) is 0. The summed E-state index contributed by atoms with van der Waals surface area (Å²) < 4.78 is 6.02. The van der Waals surface area contributed by atoms with Crippen LogP contribution in [0.15, 0.2) is 18.2 Å². The van der Waals surface area contributed by atoms with Crippen LogP contribution in [0.5, 0.6) is 0 Å². The molecule has 3 unspecified atom stereocenters. The molecule has 2 N–H and O–H groups in total. The van der Waals surface area contributed by atoms with Gasteiger partial charge in [-0.15, -0.1) is 0 Å². The van der Waals surface area contributed by atoms with Gasteiger partial charge < -0.3 is 14.9 Å². The highest BCUT2D eigenvalue weighted by Gasteiger charge is 2.40. The molecular formula is C17H23Cl2NO4. The van der Waals surface area contributed by atoms with Crippen LogP contribution in [-0.2, 0) is 4.74 Å². The maximum atomic E-state index is 11.8. The van der Waals surface area contributed by atoms with E-state index in [4.69, 9.17) is 27.9 Å². The minimum absolute atomic E-state index is 0.210. The van der Waals surface area contributed by atoms with Gasteiger partial charge in [0.25, 0.3) is 0 Å². The quantitative estimate of drug-likeness (QED) is 0.822. The van der Waals surface area contributed by atoms with E-state index in [2.05, 4.69) is 0 Å². The van der Waals surface area contributed by atoms with Gasteiger partial charge in [-0.3, -0.25) is 4.90 Å². The Hall–Kier alpha value is -1.01.